The zero-order valence-corrected chi connectivity index (χ0v) is 18.2. The summed E-state index contributed by atoms with van der Waals surface area (Å²) in [5.74, 6) is 0.886. The first-order valence-electron chi connectivity index (χ1n) is 11.4. The van der Waals surface area contributed by atoms with Gasteiger partial charge < -0.3 is 10.6 Å². The largest absolute Gasteiger partial charge is 0.355 e. The summed E-state index contributed by atoms with van der Waals surface area (Å²) < 4.78 is 1.77. The summed E-state index contributed by atoms with van der Waals surface area (Å²) in [5.41, 5.74) is 2.53. The van der Waals surface area contributed by atoms with Gasteiger partial charge in [-0.3, -0.25) is 9.89 Å². The fourth-order valence-electron chi connectivity index (χ4n) is 4.95. The first kappa shape index (κ1) is 20.8. The lowest BCUT2D eigenvalue weighted by Gasteiger charge is -2.48. The van der Waals surface area contributed by atoms with Crippen molar-refractivity contribution in [3.05, 3.63) is 42.5 Å². The Labute approximate surface area is 180 Å². The average Bonchev–Trinajstić information content (AvgIpc) is 3.36. The second kappa shape index (κ2) is 10.1. The zero-order chi connectivity index (χ0) is 20.7. The van der Waals surface area contributed by atoms with E-state index in [4.69, 9.17) is 0 Å². The maximum atomic E-state index is 4.48. The van der Waals surface area contributed by atoms with Crippen LogP contribution in [0.15, 0.2) is 41.9 Å². The van der Waals surface area contributed by atoms with Gasteiger partial charge in [-0.25, -0.2) is 9.67 Å². The highest BCUT2D eigenvalue weighted by Crippen LogP contribution is 2.35. The van der Waals surface area contributed by atoms with Crippen LogP contribution in [-0.2, 0) is 6.54 Å². The van der Waals surface area contributed by atoms with Crippen molar-refractivity contribution in [2.75, 3.05) is 26.7 Å². The number of likely N-dealkylation sites (tertiary alicyclic amines) is 1. The van der Waals surface area contributed by atoms with Gasteiger partial charge >= 0.3 is 0 Å². The predicted molar refractivity (Wildman–Crippen MR) is 121 cm³/mol. The Morgan fingerprint density at radius 3 is 2.40 bits per heavy atom. The van der Waals surface area contributed by atoms with Crippen molar-refractivity contribution in [1.29, 1.82) is 0 Å². The van der Waals surface area contributed by atoms with E-state index in [1.54, 1.807) is 17.3 Å². The van der Waals surface area contributed by atoms with Crippen LogP contribution in [0.5, 0.6) is 0 Å². The molecule has 0 bridgehead atoms. The minimum Gasteiger partial charge on any atom is -0.355 e. The molecule has 2 N–H and O–H groups in total. The molecule has 7 nitrogen and oxygen atoms in total. The second-order valence-electron chi connectivity index (χ2n) is 8.62. The van der Waals surface area contributed by atoms with Gasteiger partial charge in [0, 0.05) is 25.7 Å². The molecule has 1 aliphatic heterocycles. The molecule has 0 amide bonds. The Balaban J connectivity index is 1.32. The number of piperidine rings is 1. The van der Waals surface area contributed by atoms with E-state index in [1.165, 1.54) is 70.0 Å². The minimum absolute atomic E-state index is 0.301. The minimum atomic E-state index is 0.301. The second-order valence-corrected chi connectivity index (χ2v) is 8.62. The highest BCUT2D eigenvalue weighted by Gasteiger charge is 2.38. The van der Waals surface area contributed by atoms with Crippen LogP contribution in [0.4, 0.5) is 0 Å². The van der Waals surface area contributed by atoms with Crippen molar-refractivity contribution in [1.82, 2.24) is 30.3 Å². The number of rotatable bonds is 6. The van der Waals surface area contributed by atoms with Crippen molar-refractivity contribution in [3.63, 3.8) is 0 Å². The monoisotopic (exact) mass is 409 g/mol. The number of hydrogen-bond donors (Lipinski definition) is 2. The van der Waals surface area contributed by atoms with Crippen molar-refractivity contribution in [3.8, 4) is 5.69 Å². The summed E-state index contributed by atoms with van der Waals surface area (Å²) in [7, 11) is 1.86. The van der Waals surface area contributed by atoms with Gasteiger partial charge in [0.15, 0.2) is 5.96 Å². The smallest absolute Gasteiger partial charge is 0.191 e. The van der Waals surface area contributed by atoms with E-state index >= 15 is 0 Å². The van der Waals surface area contributed by atoms with E-state index in [0.29, 0.717) is 5.54 Å². The van der Waals surface area contributed by atoms with Crippen molar-refractivity contribution >= 4 is 5.96 Å². The number of aliphatic imine (C=N–C) groups is 1. The summed E-state index contributed by atoms with van der Waals surface area (Å²) in [5, 5.41) is 11.3. The molecule has 0 radical (unpaired) electrons. The third-order valence-electron chi connectivity index (χ3n) is 6.70. The summed E-state index contributed by atoms with van der Waals surface area (Å²) in [4.78, 5) is 11.3. The molecule has 2 fully saturated rings. The Hall–Kier alpha value is -2.41. The lowest BCUT2D eigenvalue weighted by Crippen LogP contribution is -2.59. The van der Waals surface area contributed by atoms with Crippen LogP contribution in [0.3, 0.4) is 0 Å². The molecule has 162 valence electrons. The van der Waals surface area contributed by atoms with Gasteiger partial charge in [-0.15, -0.1) is 0 Å². The van der Waals surface area contributed by atoms with Crippen LogP contribution in [0.2, 0.25) is 0 Å². The molecule has 0 atom stereocenters. The normalized spacial score (nSPS) is 20.1. The summed E-state index contributed by atoms with van der Waals surface area (Å²) in [6, 6.07) is 8.37. The Kier molecular flexibility index (Phi) is 7.00. The molecule has 30 heavy (non-hydrogen) atoms. The van der Waals surface area contributed by atoms with Crippen LogP contribution >= 0.6 is 0 Å². The molecule has 2 aromatic rings. The third-order valence-corrected chi connectivity index (χ3v) is 6.70. The maximum absolute atomic E-state index is 4.48. The lowest BCUT2D eigenvalue weighted by atomic mass is 9.79. The molecule has 1 aromatic carbocycles. The van der Waals surface area contributed by atoms with Gasteiger partial charge in [0.05, 0.1) is 5.69 Å². The molecule has 1 aromatic heterocycles. The molecule has 7 heteroatoms. The maximum Gasteiger partial charge on any atom is 0.191 e. The Morgan fingerprint density at radius 1 is 1.00 bits per heavy atom. The van der Waals surface area contributed by atoms with Crippen molar-refractivity contribution in [2.24, 2.45) is 4.99 Å². The SMILES string of the molecule is CN=C(NCc1ccc(-n2cncn2)cc1)NCC1(N2CCCCC2)CCCCC1. The number of nitrogens with one attached hydrogen (secondary N) is 2. The lowest BCUT2D eigenvalue weighted by molar-refractivity contribution is 0.0368. The molecule has 4 rings (SSSR count). The number of guanidine groups is 1. The van der Waals surface area contributed by atoms with E-state index in [-0.39, 0.29) is 0 Å². The molecule has 0 unspecified atom stereocenters. The van der Waals surface area contributed by atoms with E-state index in [2.05, 4.69) is 54.9 Å². The molecular weight excluding hydrogens is 374 g/mol. The van der Waals surface area contributed by atoms with Crippen molar-refractivity contribution < 1.29 is 0 Å². The highest BCUT2D eigenvalue weighted by atomic mass is 15.3. The number of nitrogens with zero attached hydrogens (tertiary/aromatic N) is 5. The topological polar surface area (TPSA) is 70.4 Å². The van der Waals surface area contributed by atoms with Gasteiger partial charge in [0.1, 0.15) is 12.7 Å². The molecule has 1 aliphatic carbocycles. The van der Waals surface area contributed by atoms with Crippen LogP contribution < -0.4 is 10.6 Å². The van der Waals surface area contributed by atoms with Crippen LogP contribution in [0.1, 0.15) is 56.9 Å². The predicted octanol–water partition coefficient (Wildman–Crippen LogP) is 3.12. The molecule has 0 spiro atoms. The summed E-state index contributed by atoms with van der Waals surface area (Å²) in [6.45, 7) is 4.24. The van der Waals surface area contributed by atoms with Gasteiger partial charge in [0.25, 0.3) is 0 Å². The molecular formula is C23H35N7. The van der Waals surface area contributed by atoms with Crippen molar-refractivity contribution in [2.45, 2.75) is 63.5 Å². The molecule has 2 aliphatic rings. The molecule has 1 saturated carbocycles. The molecule has 1 saturated heterocycles. The quantitative estimate of drug-likeness (QED) is 0.567. The number of aromatic nitrogens is 3. The van der Waals surface area contributed by atoms with Gasteiger partial charge in [-0.05, 0) is 56.5 Å². The summed E-state index contributed by atoms with van der Waals surface area (Å²) in [6.07, 6.45) is 14.0. The van der Waals surface area contributed by atoms with Gasteiger partial charge in [-0.2, -0.15) is 5.10 Å². The average molecular weight is 410 g/mol. The van der Waals surface area contributed by atoms with E-state index in [9.17, 15) is 0 Å². The Bertz CT molecular complexity index is 785. The van der Waals surface area contributed by atoms with Gasteiger partial charge in [0.2, 0.25) is 0 Å². The van der Waals surface area contributed by atoms with Crippen LogP contribution in [0.25, 0.3) is 5.69 Å². The fourth-order valence-corrected chi connectivity index (χ4v) is 4.95. The van der Waals surface area contributed by atoms with Crippen LogP contribution in [0, 0.1) is 0 Å². The first-order chi connectivity index (χ1) is 14.8. The van der Waals surface area contributed by atoms with Gasteiger partial charge in [-0.1, -0.05) is 37.8 Å². The van der Waals surface area contributed by atoms with E-state index in [1.807, 2.05) is 7.05 Å². The number of hydrogen-bond acceptors (Lipinski definition) is 4. The highest BCUT2D eigenvalue weighted by molar-refractivity contribution is 5.79. The summed E-state index contributed by atoms with van der Waals surface area (Å²) >= 11 is 0. The number of benzene rings is 1. The zero-order valence-electron chi connectivity index (χ0n) is 18.2. The third kappa shape index (κ3) is 5.01. The first-order valence-corrected chi connectivity index (χ1v) is 11.4. The van der Waals surface area contributed by atoms with E-state index < -0.39 is 0 Å². The Morgan fingerprint density at radius 2 is 1.73 bits per heavy atom. The van der Waals surface area contributed by atoms with Crippen LogP contribution in [-0.4, -0.2) is 57.8 Å². The standard InChI is InChI=1S/C23H35N7/c1-24-22(26-16-20-8-10-21(11-9-20)30-19-25-18-28-30)27-17-23(12-4-2-5-13-23)29-14-6-3-7-15-29/h8-11,18-19H,2-7,12-17H2,1H3,(H2,24,26,27). The molecule has 2 heterocycles. The van der Waals surface area contributed by atoms with E-state index in [0.717, 1.165) is 24.7 Å². The fraction of sp³-hybridized carbons (Fsp3) is 0.609.